The van der Waals surface area contributed by atoms with E-state index in [1.807, 2.05) is 58.9 Å². The van der Waals surface area contributed by atoms with Gasteiger partial charge in [0.2, 0.25) is 0 Å². The van der Waals surface area contributed by atoms with E-state index in [-0.39, 0.29) is 6.61 Å². The highest BCUT2D eigenvalue weighted by atomic mass is 16.5. The van der Waals surface area contributed by atoms with Crippen molar-refractivity contribution in [3.8, 4) is 0 Å². The molecule has 2 aromatic rings. The number of imidazole rings is 1. The zero-order valence-corrected chi connectivity index (χ0v) is 15.3. The van der Waals surface area contributed by atoms with Crippen LogP contribution in [-0.2, 0) is 24.4 Å². The standard InChI is InChI=1S/C20H23N5O2/c1-2-3-9-22-18(12-21)25-11-10-24-13-17(23-19(24)14-25)20(26)27-15-16-7-5-4-6-8-16/h2-9,12-13H,10-11,14-15,21H2,1H3/b3-2+,18-12+,22-9-. The lowest BCUT2D eigenvalue weighted by Crippen LogP contribution is -2.33. The highest BCUT2D eigenvalue weighted by molar-refractivity contribution is 5.87. The van der Waals surface area contributed by atoms with E-state index in [1.54, 1.807) is 12.4 Å². The molecule has 0 radical (unpaired) electrons. The maximum atomic E-state index is 12.3. The number of hydrogen-bond acceptors (Lipinski definition) is 6. The van der Waals surface area contributed by atoms with Crippen LogP contribution in [0, 0.1) is 0 Å². The van der Waals surface area contributed by atoms with Crippen LogP contribution in [0.1, 0.15) is 28.8 Å². The number of hydrogen-bond donors (Lipinski definition) is 1. The van der Waals surface area contributed by atoms with Crippen molar-refractivity contribution in [1.29, 1.82) is 0 Å². The Morgan fingerprint density at radius 3 is 2.89 bits per heavy atom. The molecule has 3 rings (SSSR count). The van der Waals surface area contributed by atoms with Gasteiger partial charge in [-0.15, -0.1) is 0 Å². The van der Waals surface area contributed by atoms with Crippen LogP contribution in [0.25, 0.3) is 0 Å². The van der Waals surface area contributed by atoms with Crippen LogP contribution < -0.4 is 5.73 Å². The van der Waals surface area contributed by atoms with Crippen LogP contribution in [0.3, 0.4) is 0 Å². The molecule has 1 aromatic heterocycles. The molecule has 0 amide bonds. The monoisotopic (exact) mass is 365 g/mol. The number of carbonyl (C=O) groups excluding carboxylic acids is 1. The SMILES string of the molecule is C/C=C/C=N\C(=C/N)N1CCn2cc(C(=O)OCc3ccccc3)nc2C1. The molecule has 0 saturated carbocycles. The Kier molecular flexibility index (Phi) is 6.04. The van der Waals surface area contributed by atoms with Crippen molar-refractivity contribution in [2.75, 3.05) is 6.54 Å². The average molecular weight is 365 g/mol. The Morgan fingerprint density at radius 2 is 2.15 bits per heavy atom. The minimum Gasteiger partial charge on any atom is -0.456 e. The van der Waals surface area contributed by atoms with Crippen molar-refractivity contribution in [3.05, 3.63) is 77.8 Å². The lowest BCUT2D eigenvalue weighted by molar-refractivity contribution is 0.0466. The summed E-state index contributed by atoms with van der Waals surface area (Å²) in [6, 6.07) is 9.58. The summed E-state index contributed by atoms with van der Waals surface area (Å²) in [5, 5.41) is 0. The fourth-order valence-electron chi connectivity index (χ4n) is 2.78. The number of benzene rings is 1. The number of ether oxygens (including phenoxy) is 1. The van der Waals surface area contributed by atoms with Gasteiger partial charge < -0.3 is 19.9 Å². The summed E-state index contributed by atoms with van der Waals surface area (Å²) in [6.07, 6.45) is 8.66. The van der Waals surface area contributed by atoms with Crippen molar-refractivity contribution in [2.45, 2.75) is 26.6 Å². The molecule has 140 valence electrons. The summed E-state index contributed by atoms with van der Waals surface area (Å²) in [5.74, 6) is 1.04. The van der Waals surface area contributed by atoms with Gasteiger partial charge in [-0.3, -0.25) is 0 Å². The molecule has 1 aliphatic rings. The molecule has 0 atom stereocenters. The number of allylic oxidation sites excluding steroid dienone is 2. The predicted molar refractivity (Wildman–Crippen MR) is 104 cm³/mol. The number of nitrogens with two attached hydrogens (primary N) is 1. The predicted octanol–water partition coefficient (Wildman–Crippen LogP) is 2.46. The molecular formula is C20H23N5O2. The molecule has 0 fully saturated rings. The first-order chi connectivity index (χ1) is 13.2. The van der Waals surface area contributed by atoms with E-state index in [0.29, 0.717) is 24.6 Å². The molecule has 1 aromatic carbocycles. The van der Waals surface area contributed by atoms with E-state index in [9.17, 15) is 4.79 Å². The van der Waals surface area contributed by atoms with Gasteiger partial charge in [-0.05, 0) is 18.6 Å². The van der Waals surface area contributed by atoms with Crippen molar-refractivity contribution in [3.63, 3.8) is 0 Å². The number of esters is 1. The van der Waals surface area contributed by atoms with Crippen LogP contribution in [0.2, 0.25) is 0 Å². The van der Waals surface area contributed by atoms with Gasteiger partial charge in [-0.2, -0.15) is 0 Å². The fraction of sp³-hybridized carbons (Fsp3) is 0.250. The highest BCUT2D eigenvalue weighted by Gasteiger charge is 2.22. The Hall–Kier alpha value is -3.35. The number of rotatable bonds is 6. The van der Waals surface area contributed by atoms with Crippen LogP contribution >= 0.6 is 0 Å². The first-order valence-electron chi connectivity index (χ1n) is 8.80. The van der Waals surface area contributed by atoms with Crippen molar-refractivity contribution >= 4 is 12.2 Å². The Labute approximate surface area is 158 Å². The summed E-state index contributed by atoms with van der Waals surface area (Å²) >= 11 is 0. The van der Waals surface area contributed by atoms with E-state index in [2.05, 4.69) is 9.98 Å². The van der Waals surface area contributed by atoms with E-state index in [4.69, 9.17) is 10.5 Å². The van der Waals surface area contributed by atoms with Crippen molar-refractivity contribution in [1.82, 2.24) is 14.5 Å². The van der Waals surface area contributed by atoms with Gasteiger partial charge in [-0.25, -0.2) is 14.8 Å². The smallest absolute Gasteiger partial charge is 0.358 e. The summed E-state index contributed by atoms with van der Waals surface area (Å²) < 4.78 is 7.33. The van der Waals surface area contributed by atoms with Gasteiger partial charge in [0.25, 0.3) is 0 Å². The van der Waals surface area contributed by atoms with Crippen LogP contribution in [0.4, 0.5) is 0 Å². The second-order valence-corrected chi connectivity index (χ2v) is 6.05. The zero-order valence-electron chi connectivity index (χ0n) is 15.3. The lowest BCUT2D eigenvalue weighted by Gasteiger charge is -2.29. The molecule has 0 aliphatic carbocycles. The van der Waals surface area contributed by atoms with Gasteiger partial charge >= 0.3 is 5.97 Å². The average Bonchev–Trinajstić information content (AvgIpc) is 3.14. The van der Waals surface area contributed by atoms with Gasteiger partial charge in [0.1, 0.15) is 18.3 Å². The third-order valence-electron chi connectivity index (χ3n) is 4.18. The Morgan fingerprint density at radius 1 is 1.33 bits per heavy atom. The van der Waals surface area contributed by atoms with Gasteiger partial charge in [0.05, 0.1) is 6.54 Å². The summed E-state index contributed by atoms with van der Waals surface area (Å²) in [4.78, 5) is 23.1. The zero-order chi connectivity index (χ0) is 19.1. The van der Waals surface area contributed by atoms with Crippen LogP contribution in [0.15, 0.2) is 65.7 Å². The first kappa shape index (κ1) is 18.4. The minimum atomic E-state index is -0.423. The molecule has 7 nitrogen and oxygen atoms in total. The van der Waals surface area contributed by atoms with E-state index < -0.39 is 5.97 Å². The molecule has 0 bridgehead atoms. The quantitative estimate of drug-likeness (QED) is 0.628. The van der Waals surface area contributed by atoms with Crippen LogP contribution in [-0.4, -0.2) is 33.2 Å². The molecule has 2 heterocycles. The molecule has 0 unspecified atom stereocenters. The van der Waals surface area contributed by atoms with E-state index >= 15 is 0 Å². The maximum absolute atomic E-state index is 12.3. The number of aliphatic imine (C=N–C) groups is 1. The van der Waals surface area contributed by atoms with Crippen molar-refractivity contribution in [2.24, 2.45) is 10.7 Å². The normalized spacial score (nSPS) is 14.7. The summed E-state index contributed by atoms with van der Waals surface area (Å²) in [7, 11) is 0. The largest absolute Gasteiger partial charge is 0.456 e. The molecule has 7 heteroatoms. The van der Waals surface area contributed by atoms with Gasteiger partial charge in [0.15, 0.2) is 5.69 Å². The highest BCUT2D eigenvalue weighted by Crippen LogP contribution is 2.18. The summed E-state index contributed by atoms with van der Waals surface area (Å²) in [6.45, 7) is 4.12. The number of fused-ring (bicyclic) bond motifs is 1. The molecular weight excluding hydrogens is 342 g/mol. The summed E-state index contributed by atoms with van der Waals surface area (Å²) in [5.41, 5.74) is 6.97. The number of nitrogens with zero attached hydrogens (tertiary/aromatic N) is 4. The fourth-order valence-corrected chi connectivity index (χ4v) is 2.78. The molecule has 1 aliphatic heterocycles. The van der Waals surface area contributed by atoms with E-state index in [0.717, 1.165) is 17.9 Å². The van der Waals surface area contributed by atoms with Gasteiger partial charge in [0, 0.05) is 31.7 Å². The third kappa shape index (κ3) is 4.63. The molecule has 0 spiro atoms. The minimum absolute atomic E-state index is 0.230. The number of aromatic nitrogens is 2. The Balaban J connectivity index is 1.65. The molecule has 2 N–H and O–H groups in total. The van der Waals surface area contributed by atoms with Crippen molar-refractivity contribution < 1.29 is 9.53 Å². The third-order valence-corrected chi connectivity index (χ3v) is 4.18. The molecule has 0 saturated heterocycles. The second-order valence-electron chi connectivity index (χ2n) is 6.05. The Bertz CT molecular complexity index is 868. The lowest BCUT2D eigenvalue weighted by atomic mass is 10.2. The van der Waals surface area contributed by atoms with Crippen LogP contribution in [0.5, 0.6) is 0 Å². The molecule has 27 heavy (non-hydrogen) atoms. The number of carbonyl (C=O) groups is 1. The second kappa shape index (κ2) is 8.84. The topological polar surface area (TPSA) is 85.7 Å². The maximum Gasteiger partial charge on any atom is 0.358 e. The first-order valence-corrected chi connectivity index (χ1v) is 8.80. The van der Waals surface area contributed by atoms with E-state index in [1.165, 1.54) is 6.20 Å². The van der Waals surface area contributed by atoms with Gasteiger partial charge in [-0.1, -0.05) is 36.4 Å².